The lowest BCUT2D eigenvalue weighted by atomic mass is 9.77. The second kappa shape index (κ2) is 7.77. The molecule has 0 saturated carbocycles. The van der Waals surface area contributed by atoms with Crippen LogP contribution in [-0.2, 0) is 17.8 Å². The van der Waals surface area contributed by atoms with Crippen molar-refractivity contribution in [2.75, 3.05) is 7.05 Å². The first kappa shape index (κ1) is 17.7. The largest absolute Gasteiger partial charge is 0.467 e. The summed E-state index contributed by atoms with van der Waals surface area (Å²) in [6, 6.07) is 13.5. The lowest BCUT2D eigenvalue weighted by molar-refractivity contribution is -0.137. The molecule has 0 bridgehead atoms. The quantitative estimate of drug-likeness (QED) is 0.780. The first-order valence-corrected chi connectivity index (χ1v) is 8.01. The Morgan fingerprint density at radius 1 is 1.25 bits per heavy atom. The van der Waals surface area contributed by atoms with E-state index in [4.69, 9.17) is 9.83 Å². The van der Waals surface area contributed by atoms with Crippen LogP contribution in [0.4, 0.5) is 0 Å². The molecule has 2 rings (SSSR count). The lowest BCUT2D eigenvalue weighted by Gasteiger charge is -2.32. The van der Waals surface area contributed by atoms with Gasteiger partial charge in [-0.3, -0.25) is 4.79 Å². The van der Waals surface area contributed by atoms with Gasteiger partial charge in [0, 0.05) is 12.8 Å². The summed E-state index contributed by atoms with van der Waals surface area (Å²) in [5, 5.41) is 8.41. The first-order valence-electron chi connectivity index (χ1n) is 8.01. The zero-order chi connectivity index (χ0) is 17.6. The Bertz CT molecular complexity index is 705. The smallest absolute Gasteiger partial charge is 0.235 e. The van der Waals surface area contributed by atoms with E-state index in [0.717, 1.165) is 11.3 Å². The van der Waals surface area contributed by atoms with Gasteiger partial charge in [0.25, 0.3) is 0 Å². The van der Waals surface area contributed by atoms with Crippen molar-refractivity contribution < 1.29 is 9.21 Å². The number of nitrogens with zero attached hydrogens (tertiary/aromatic N) is 1. The van der Waals surface area contributed by atoms with Crippen LogP contribution in [0.1, 0.15) is 25.2 Å². The van der Waals surface area contributed by atoms with Gasteiger partial charge in [0.1, 0.15) is 5.76 Å². The molecule has 0 aliphatic heterocycles. The highest BCUT2D eigenvalue weighted by Gasteiger charge is 2.39. The van der Waals surface area contributed by atoms with Crippen molar-refractivity contribution >= 4 is 11.6 Å². The van der Waals surface area contributed by atoms with Gasteiger partial charge in [-0.15, -0.1) is 0 Å². The van der Waals surface area contributed by atoms with E-state index in [2.05, 4.69) is 0 Å². The molecule has 1 heterocycles. The number of nitrogens with one attached hydrogen (secondary N) is 1. The summed E-state index contributed by atoms with van der Waals surface area (Å²) < 4.78 is 5.33. The minimum Gasteiger partial charge on any atom is -0.467 e. The fourth-order valence-corrected chi connectivity index (χ4v) is 2.77. The topological polar surface area (TPSA) is 57.3 Å². The monoisotopic (exact) mass is 324 g/mol. The lowest BCUT2D eigenvalue weighted by Crippen LogP contribution is -2.45. The summed E-state index contributed by atoms with van der Waals surface area (Å²) in [7, 11) is 1.75. The maximum Gasteiger partial charge on any atom is 0.235 e. The highest BCUT2D eigenvalue weighted by Crippen LogP contribution is 2.28. The highest BCUT2D eigenvalue weighted by molar-refractivity contribution is 6.12. The van der Waals surface area contributed by atoms with E-state index in [-0.39, 0.29) is 5.91 Å². The molecule has 1 N–H and O–H groups in total. The average molecular weight is 324 g/mol. The molecule has 0 fully saturated rings. The van der Waals surface area contributed by atoms with Crippen molar-refractivity contribution in [2.45, 2.75) is 26.8 Å². The molecule has 4 heteroatoms. The number of hydrogen-bond acceptors (Lipinski definition) is 3. The average Bonchev–Trinajstić information content (AvgIpc) is 3.08. The molecule has 4 nitrogen and oxygen atoms in total. The number of benzene rings is 1. The Morgan fingerprint density at radius 3 is 2.54 bits per heavy atom. The van der Waals surface area contributed by atoms with Crippen molar-refractivity contribution in [3.05, 3.63) is 72.2 Å². The standard InChI is InChI=1S/C20H24N2O2/c1-4-9-18(21)20(2,14-16-10-6-5-7-11-16)19(23)22(3)15-17-12-8-13-24-17/h4-13,21H,14-15H2,1-3H3/b9-4-,21-18?. The van der Waals surface area contributed by atoms with E-state index >= 15 is 0 Å². The van der Waals surface area contributed by atoms with Crippen molar-refractivity contribution in [1.29, 1.82) is 5.41 Å². The first-order chi connectivity index (χ1) is 11.5. The van der Waals surface area contributed by atoms with Gasteiger partial charge in [0.15, 0.2) is 0 Å². The third-order valence-electron chi connectivity index (χ3n) is 4.12. The molecular formula is C20H24N2O2. The Balaban J connectivity index is 2.27. The van der Waals surface area contributed by atoms with Gasteiger partial charge in [-0.2, -0.15) is 0 Å². The summed E-state index contributed by atoms with van der Waals surface area (Å²) >= 11 is 0. The van der Waals surface area contributed by atoms with Crippen molar-refractivity contribution in [3.63, 3.8) is 0 Å². The van der Waals surface area contributed by atoms with Crippen LogP contribution < -0.4 is 0 Å². The third-order valence-corrected chi connectivity index (χ3v) is 4.12. The van der Waals surface area contributed by atoms with Gasteiger partial charge in [0.2, 0.25) is 5.91 Å². The Morgan fingerprint density at radius 2 is 1.96 bits per heavy atom. The van der Waals surface area contributed by atoms with Crippen LogP contribution in [0.25, 0.3) is 0 Å². The van der Waals surface area contributed by atoms with Crippen LogP contribution in [0.2, 0.25) is 0 Å². The van der Waals surface area contributed by atoms with E-state index < -0.39 is 5.41 Å². The van der Waals surface area contributed by atoms with Gasteiger partial charge in [-0.05, 0) is 44.0 Å². The number of carbonyl (C=O) groups is 1. The van der Waals surface area contributed by atoms with E-state index in [1.54, 1.807) is 36.4 Å². The molecule has 0 aliphatic rings. The van der Waals surface area contributed by atoms with Gasteiger partial charge < -0.3 is 14.7 Å². The predicted octanol–water partition coefficient (Wildman–Crippen LogP) is 4.08. The normalized spacial score (nSPS) is 13.6. The summed E-state index contributed by atoms with van der Waals surface area (Å²) in [5.41, 5.74) is 0.425. The molecule has 1 atom stereocenters. The summed E-state index contributed by atoms with van der Waals surface area (Å²) in [6.07, 6.45) is 5.57. The summed E-state index contributed by atoms with van der Waals surface area (Å²) in [4.78, 5) is 14.7. The number of amides is 1. The van der Waals surface area contributed by atoms with Crippen LogP contribution in [-0.4, -0.2) is 23.6 Å². The Hall–Kier alpha value is -2.62. The van der Waals surface area contributed by atoms with Crippen LogP contribution in [0, 0.1) is 10.8 Å². The zero-order valence-corrected chi connectivity index (χ0v) is 14.5. The molecule has 0 radical (unpaired) electrons. The number of carbonyl (C=O) groups excluding carboxylic acids is 1. The fourth-order valence-electron chi connectivity index (χ4n) is 2.77. The molecule has 24 heavy (non-hydrogen) atoms. The van der Waals surface area contributed by atoms with E-state index in [0.29, 0.717) is 18.7 Å². The highest BCUT2D eigenvalue weighted by atomic mass is 16.3. The van der Waals surface area contributed by atoms with Crippen LogP contribution >= 0.6 is 0 Å². The number of furan rings is 1. The van der Waals surface area contributed by atoms with Crippen LogP contribution in [0.5, 0.6) is 0 Å². The molecule has 1 unspecified atom stereocenters. The molecule has 1 aromatic carbocycles. The maximum atomic E-state index is 13.1. The third kappa shape index (κ3) is 4.02. The molecule has 126 valence electrons. The molecule has 1 amide bonds. The Labute approximate surface area is 143 Å². The maximum absolute atomic E-state index is 13.1. The molecule has 0 aliphatic carbocycles. The van der Waals surface area contributed by atoms with Gasteiger partial charge in [-0.1, -0.05) is 36.4 Å². The molecule has 0 saturated heterocycles. The fraction of sp³-hybridized carbons (Fsp3) is 0.300. The van der Waals surface area contributed by atoms with Crippen molar-refractivity contribution in [2.24, 2.45) is 5.41 Å². The minimum atomic E-state index is -0.921. The number of hydrogen-bond donors (Lipinski definition) is 1. The van der Waals surface area contributed by atoms with E-state index in [1.807, 2.05) is 50.2 Å². The predicted molar refractivity (Wildman–Crippen MR) is 96.0 cm³/mol. The molecule has 2 aromatic rings. The van der Waals surface area contributed by atoms with Gasteiger partial charge in [0.05, 0.1) is 18.2 Å². The van der Waals surface area contributed by atoms with Gasteiger partial charge in [-0.25, -0.2) is 0 Å². The molecular weight excluding hydrogens is 300 g/mol. The van der Waals surface area contributed by atoms with Crippen molar-refractivity contribution in [1.82, 2.24) is 4.90 Å². The molecule has 0 spiro atoms. The number of rotatable bonds is 7. The van der Waals surface area contributed by atoms with E-state index in [1.165, 1.54) is 0 Å². The minimum absolute atomic E-state index is 0.0918. The summed E-state index contributed by atoms with van der Waals surface area (Å²) in [6.45, 7) is 4.08. The molecule has 1 aromatic heterocycles. The number of allylic oxidation sites excluding steroid dienone is 2. The van der Waals surface area contributed by atoms with Crippen LogP contribution in [0.3, 0.4) is 0 Å². The van der Waals surface area contributed by atoms with Crippen LogP contribution in [0.15, 0.2) is 65.3 Å². The Kier molecular flexibility index (Phi) is 5.74. The second-order valence-electron chi connectivity index (χ2n) is 6.15. The van der Waals surface area contributed by atoms with Crippen molar-refractivity contribution in [3.8, 4) is 0 Å². The second-order valence-corrected chi connectivity index (χ2v) is 6.15. The SMILES string of the molecule is C/C=C\C(=N)C(C)(Cc1ccccc1)C(=O)N(C)Cc1ccco1. The summed E-state index contributed by atoms with van der Waals surface area (Å²) in [5.74, 6) is 0.635. The van der Waals surface area contributed by atoms with Gasteiger partial charge >= 0.3 is 0 Å². The zero-order valence-electron chi connectivity index (χ0n) is 14.5. The van der Waals surface area contributed by atoms with E-state index in [9.17, 15) is 4.79 Å².